The Bertz CT molecular complexity index is 647. The molecule has 2 heterocycles. The van der Waals surface area contributed by atoms with Gasteiger partial charge in [0.25, 0.3) is 0 Å². The van der Waals surface area contributed by atoms with Crippen LogP contribution in [0.2, 0.25) is 0 Å². The minimum Gasteiger partial charge on any atom is -0.469 e. The van der Waals surface area contributed by atoms with Crippen LogP contribution in [0.15, 0.2) is 51.7 Å². The van der Waals surface area contributed by atoms with Gasteiger partial charge in [0.1, 0.15) is 17.3 Å². The zero-order valence-electron chi connectivity index (χ0n) is 11.0. The smallest absolute Gasteiger partial charge is 0.167 e. The molecule has 0 saturated carbocycles. The van der Waals surface area contributed by atoms with Gasteiger partial charge in [-0.05, 0) is 49.3 Å². The van der Waals surface area contributed by atoms with Crippen molar-refractivity contribution in [1.29, 1.82) is 0 Å². The van der Waals surface area contributed by atoms with Gasteiger partial charge in [0, 0.05) is 5.92 Å². The topological polar surface area (TPSA) is 60.4 Å². The second-order valence-electron chi connectivity index (χ2n) is 4.96. The standard InChI is InChI=1S/C16H14O4/c1-10(17)16-12(15-5-3-7-20-15)8-11(9-13(16)18)14-4-2-6-19-14/h2-7,9,12,16H,8H2,1H3/t12-,16-/m1/s1. The SMILES string of the molecule is CC(=O)[C@H]1C(=O)C=C(c2ccco2)C[C@@H]1c1ccco1. The molecule has 0 aromatic carbocycles. The third-order valence-electron chi connectivity index (χ3n) is 3.65. The van der Waals surface area contributed by atoms with Crippen LogP contribution in [-0.4, -0.2) is 11.6 Å². The van der Waals surface area contributed by atoms with E-state index in [-0.39, 0.29) is 17.5 Å². The van der Waals surface area contributed by atoms with Crippen molar-refractivity contribution in [2.24, 2.45) is 5.92 Å². The van der Waals surface area contributed by atoms with Gasteiger partial charge >= 0.3 is 0 Å². The summed E-state index contributed by atoms with van der Waals surface area (Å²) in [5.74, 6) is 0.0790. The fourth-order valence-corrected chi connectivity index (χ4v) is 2.76. The number of carbonyl (C=O) groups is 2. The Kier molecular flexibility index (Phi) is 3.14. The zero-order valence-corrected chi connectivity index (χ0v) is 11.0. The molecule has 0 radical (unpaired) electrons. The highest BCUT2D eigenvalue weighted by Gasteiger charge is 2.38. The minimum absolute atomic E-state index is 0.133. The lowest BCUT2D eigenvalue weighted by Crippen LogP contribution is -2.30. The predicted molar refractivity (Wildman–Crippen MR) is 71.9 cm³/mol. The van der Waals surface area contributed by atoms with Crippen LogP contribution < -0.4 is 0 Å². The second kappa shape index (κ2) is 4.96. The van der Waals surface area contributed by atoms with E-state index in [4.69, 9.17) is 8.83 Å². The molecule has 0 amide bonds. The molecule has 0 bridgehead atoms. The summed E-state index contributed by atoms with van der Waals surface area (Å²) in [6, 6.07) is 7.16. The molecule has 0 unspecified atom stereocenters. The summed E-state index contributed by atoms with van der Waals surface area (Å²) in [6.07, 6.45) is 5.20. The molecule has 4 heteroatoms. The van der Waals surface area contributed by atoms with Crippen molar-refractivity contribution in [3.8, 4) is 0 Å². The highest BCUT2D eigenvalue weighted by atomic mass is 16.3. The van der Waals surface area contributed by atoms with Crippen LogP contribution in [0.5, 0.6) is 0 Å². The molecule has 102 valence electrons. The maximum absolute atomic E-state index is 12.3. The Hall–Kier alpha value is -2.36. The summed E-state index contributed by atoms with van der Waals surface area (Å²) in [5.41, 5.74) is 0.805. The number of furan rings is 2. The van der Waals surface area contributed by atoms with Crippen molar-refractivity contribution < 1.29 is 18.4 Å². The first-order chi connectivity index (χ1) is 9.66. The molecule has 0 saturated heterocycles. The van der Waals surface area contributed by atoms with Crippen molar-refractivity contribution in [2.45, 2.75) is 19.3 Å². The van der Waals surface area contributed by atoms with Gasteiger partial charge < -0.3 is 8.83 Å². The van der Waals surface area contributed by atoms with Gasteiger partial charge in [-0.2, -0.15) is 0 Å². The minimum atomic E-state index is -0.667. The van der Waals surface area contributed by atoms with E-state index >= 15 is 0 Å². The van der Waals surface area contributed by atoms with Crippen molar-refractivity contribution in [3.63, 3.8) is 0 Å². The van der Waals surface area contributed by atoms with E-state index in [1.54, 1.807) is 30.7 Å². The summed E-state index contributed by atoms with van der Waals surface area (Å²) < 4.78 is 10.8. The maximum atomic E-state index is 12.3. The molecule has 4 nitrogen and oxygen atoms in total. The third-order valence-corrected chi connectivity index (χ3v) is 3.65. The molecule has 0 fully saturated rings. The van der Waals surface area contributed by atoms with Gasteiger partial charge in [0.2, 0.25) is 0 Å². The molecule has 2 atom stereocenters. The van der Waals surface area contributed by atoms with Crippen molar-refractivity contribution in [2.75, 3.05) is 0 Å². The van der Waals surface area contributed by atoms with Gasteiger partial charge in [0.15, 0.2) is 5.78 Å². The summed E-state index contributed by atoms with van der Waals surface area (Å²) in [7, 11) is 0. The lowest BCUT2D eigenvalue weighted by molar-refractivity contribution is -0.130. The average molecular weight is 270 g/mol. The van der Waals surface area contributed by atoms with Crippen LogP contribution in [0.1, 0.15) is 30.8 Å². The summed E-state index contributed by atoms with van der Waals surface area (Å²) in [5, 5.41) is 0. The van der Waals surface area contributed by atoms with Gasteiger partial charge in [-0.1, -0.05) is 0 Å². The zero-order chi connectivity index (χ0) is 14.1. The highest BCUT2D eigenvalue weighted by molar-refractivity contribution is 6.11. The predicted octanol–water partition coefficient (Wildman–Crippen LogP) is 3.22. The quantitative estimate of drug-likeness (QED) is 0.803. The monoisotopic (exact) mass is 270 g/mol. The molecule has 0 N–H and O–H groups in total. The van der Waals surface area contributed by atoms with Crippen LogP contribution >= 0.6 is 0 Å². The molecule has 2 aromatic rings. The second-order valence-corrected chi connectivity index (χ2v) is 4.96. The van der Waals surface area contributed by atoms with Crippen molar-refractivity contribution >= 4 is 17.1 Å². The number of carbonyl (C=O) groups excluding carboxylic acids is 2. The largest absolute Gasteiger partial charge is 0.469 e. The lowest BCUT2D eigenvalue weighted by Gasteiger charge is -2.26. The third kappa shape index (κ3) is 2.13. The van der Waals surface area contributed by atoms with E-state index < -0.39 is 5.92 Å². The summed E-state index contributed by atoms with van der Waals surface area (Å²) in [6.45, 7) is 1.45. The molecule has 20 heavy (non-hydrogen) atoms. The van der Waals surface area contributed by atoms with Gasteiger partial charge in [-0.3, -0.25) is 9.59 Å². The van der Waals surface area contributed by atoms with Crippen LogP contribution in [0.25, 0.3) is 5.57 Å². The molecular weight excluding hydrogens is 256 g/mol. The molecule has 3 rings (SSSR count). The van der Waals surface area contributed by atoms with E-state index in [1.165, 1.54) is 13.0 Å². The van der Waals surface area contributed by atoms with Crippen LogP contribution in [0.3, 0.4) is 0 Å². The van der Waals surface area contributed by atoms with Gasteiger partial charge in [0.05, 0.1) is 18.4 Å². The van der Waals surface area contributed by atoms with Crippen LogP contribution in [0, 0.1) is 5.92 Å². The van der Waals surface area contributed by atoms with E-state index in [0.29, 0.717) is 17.9 Å². The number of hydrogen-bond donors (Lipinski definition) is 0. The van der Waals surface area contributed by atoms with Crippen LogP contribution in [-0.2, 0) is 9.59 Å². The Morgan fingerprint density at radius 2 is 1.95 bits per heavy atom. The fourth-order valence-electron chi connectivity index (χ4n) is 2.76. The average Bonchev–Trinajstić information content (AvgIpc) is 3.11. The summed E-state index contributed by atoms with van der Waals surface area (Å²) >= 11 is 0. The molecular formula is C16H14O4. The number of ketones is 2. The highest BCUT2D eigenvalue weighted by Crippen LogP contribution is 2.40. The van der Waals surface area contributed by atoms with E-state index in [0.717, 1.165) is 5.57 Å². The number of rotatable bonds is 3. The molecule has 1 aliphatic rings. The molecule has 0 spiro atoms. The fraction of sp³-hybridized carbons (Fsp3) is 0.250. The Labute approximate surface area is 116 Å². The number of allylic oxidation sites excluding steroid dienone is 2. The van der Waals surface area contributed by atoms with E-state index in [2.05, 4.69) is 0 Å². The Balaban J connectivity index is 2.02. The molecule has 0 aliphatic heterocycles. The molecule has 2 aromatic heterocycles. The molecule has 1 aliphatic carbocycles. The van der Waals surface area contributed by atoms with Gasteiger partial charge in [-0.15, -0.1) is 0 Å². The van der Waals surface area contributed by atoms with E-state index in [9.17, 15) is 9.59 Å². The lowest BCUT2D eigenvalue weighted by atomic mass is 9.75. The van der Waals surface area contributed by atoms with Gasteiger partial charge in [-0.25, -0.2) is 0 Å². The number of Topliss-reactive ketones (excluding diaryl/α,β-unsaturated/α-hetero) is 1. The first-order valence-electron chi connectivity index (χ1n) is 6.49. The van der Waals surface area contributed by atoms with Crippen LogP contribution in [0.4, 0.5) is 0 Å². The van der Waals surface area contributed by atoms with Crippen molar-refractivity contribution in [1.82, 2.24) is 0 Å². The van der Waals surface area contributed by atoms with E-state index in [1.807, 2.05) is 6.07 Å². The number of hydrogen-bond acceptors (Lipinski definition) is 4. The normalized spacial score (nSPS) is 22.6. The maximum Gasteiger partial charge on any atom is 0.167 e. The van der Waals surface area contributed by atoms with Crippen molar-refractivity contribution in [3.05, 3.63) is 54.4 Å². The summed E-state index contributed by atoms with van der Waals surface area (Å²) in [4.78, 5) is 24.1. The Morgan fingerprint density at radius 3 is 2.55 bits per heavy atom. The first-order valence-corrected chi connectivity index (χ1v) is 6.49. The first kappa shape index (κ1) is 12.7. The Morgan fingerprint density at radius 1 is 1.20 bits per heavy atom.